The molecule has 4 nitrogen and oxygen atoms in total. The van der Waals surface area contributed by atoms with E-state index in [4.69, 9.17) is 4.74 Å². The first kappa shape index (κ1) is 17.4. The second kappa shape index (κ2) is 7.41. The molecule has 0 saturated heterocycles. The number of hydrogen-bond acceptors (Lipinski definition) is 3. The van der Waals surface area contributed by atoms with Crippen molar-refractivity contribution in [1.82, 2.24) is 10.6 Å². The maximum Gasteiger partial charge on any atom is 0.221 e. The van der Waals surface area contributed by atoms with Gasteiger partial charge < -0.3 is 15.4 Å². The van der Waals surface area contributed by atoms with Gasteiger partial charge in [-0.1, -0.05) is 6.07 Å². The summed E-state index contributed by atoms with van der Waals surface area (Å²) < 4.78 is 18.5. The summed E-state index contributed by atoms with van der Waals surface area (Å²) in [6.45, 7) is 8.59. The maximum absolute atomic E-state index is 13.6. The molecular weight excluding hydrogens is 271 g/mol. The van der Waals surface area contributed by atoms with Crippen LogP contribution in [0, 0.1) is 5.82 Å². The number of rotatable bonds is 6. The minimum atomic E-state index is -0.425. The van der Waals surface area contributed by atoms with Gasteiger partial charge >= 0.3 is 0 Å². The molecule has 5 heteroatoms. The molecule has 21 heavy (non-hydrogen) atoms. The van der Waals surface area contributed by atoms with E-state index in [1.54, 1.807) is 12.1 Å². The molecular formula is C16H25FN2O2. The predicted molar refractivity (Wildman–Crippen MR) is 81.9 cm³/mol. The molecule has 1 unspecified atom stereocenters. The van der Waals surface area contributed by atoms with E-state index in [9.17, 15) is 9.18 Å². The Morgan fingerprint density at radius 1 is 1.38 bits per heavy atom. The molecule has 1 atom stereocenters. The number of carbonyl (C=O) groups is 1. The molecule has 1 aromatic rings. The van der Waals surface area contributed by atoms with Crippen LogP contribution >= 0.6 is 0 Å². The Labute approximate surface area is 126 Å². The molecule has 0 bridgehead atoms. The molecule has 1 aromatic carbocycles. The highest BCUT2D eigenvalue weighted by Crippen LogP contribution is 2.21. The molecule has 0 fully saturated rings. The lowest BCUT2D eigenvalue weighted by atomic mass is 10.1. The van der Waals surface area contributed by atoms with Gasteiger partial charge in [-0.3, -0.25) is 4.79 Å². The normalized spacial score (nSPS) is 12.9. The van der Waals surface area contributed by atoms with Gasteiger partial charge in [0, 0.05) is 18.5 Å². The third kappa shape index (κ3) is 6.12. The highest BCUT2D eigenvalue weighted by Gasteiger charge is 2.13. The Bertz CT molecular complexity index is 484. The van der Waals surface area contributed by atoms with Crippen LogP contribution in [0.15, 0.2) is 18.2 Å². The van der Waals surface area contributed by atoms with E-state index in [-0.39, 0.29) is 23.2 Å². The SMILES string of the molecule is COc1ccc(C(C)NC(=O)CCNC(C)(C)C)cc1F. The van der Waals surface area contributed by atoms with Gasteiger partial charge in [0.1, 0.15) is 0 Å². The van der Waals surface area contributed by atoms with E-state index in [1.165, 1.54) is 13.2 Å². The number of halogens is 1. The van der Waals surface area contributed by atoms with Crippen molar-refractivity contribution in [2.75, 3.05) is 13.7 Å². The van der Waals surface area contributed by atoms with Crippen molar-refractivity contribution >= 4 is 5.91 Å². The van der Waals surface area contributed by atoms with Crippen molar-refractivity contribution in [3.05, 3.63) is 29.6 Å². The molecule has 2 N–H and O–H groups in total. The topological polar surface area (TPSA) is 50.4 Å². The Morgan fingerprint density at radius 2 is 2.05 bits per heavy atom. The number of amides is 1. The van der Waals surface area contributed by atoms with Crippen LogP contribution < -0.4 is 15.4 Å². The first-order valence-electron chi connectivity index (χ1n) is 7.11. The number of methoxy groups -OCH3 is 1. The van der Waals surface area contributed by atoms with E-state index in [2.05, 4.69) is 10.6 Å². The van der Waals surface area contributed by atoms with Crippen LogP contribution in [-0.2, 0) is 4.79 Å². The first-order valence-corrected chi connectivity index (χ1v) is 7.11. The van der Waals surface area contributed by atoms with Crippen LogP contribution in [-0.4, -0.2) is 25.1 Å². The number of ether oxygens (including phenoxy) is 1. The molecule has 0 aromatic heterocycles. The van der Waals surface area contributed by atoms with E-state index in [0.717, 1.165) is 0 Å². The molecule has 1 rings (SSSR count). The second-order valence-electron chi connectivity index (χ2n) is 6.11. The molecule has 118 valence electrons. The average Bonchev–Trinajstić information content (AvgIpc) is 2.36. The van der Waals surface area contributed by atoms with Crippen molar-refractivity contribution < 1.29 is 13.9 Å². The molecule has 0 spiro atoms. The third-order valence-corrected chi connectivity index (χ3v) is 3.06. The summed E-state index contributed by atoms with van der Waals surface area (Å²) in [6.07, 6.45) is 0.389. The maximum atomic E-state index is 13.6. The van der Waals surface area contributed by atoms with E-state index < -0.39 is 5.82 Å². The predicted octanol–water partition coefficient (Wildman–Crippen LogP) is 2.79. The lowest BCUT2D eigenvalue weighted by molar-refractivity contribution is -0.121. The molecule has 1 amide bonds. The van der Waals surface area contributed by atoms with Gasteiger partial charge in [-0.25, -0.2) is 4.39 Å². The zero-order valence-electron chi connectivity index (χ0n) is 13.4. The van der Waals surface area contributed by atoms with Gasteiger partial charge in [0.05, 0.1) is 13.2 Å². The van der Waals surface area contributed by atoms with Crippen LogP contribution in [0.1, 0.15) is 45.7 Å². The second-order valence-corrected chi connectivity index (χ2v) is 6.11. The summed E-state index contributed by atoms with van der Waals surface area (Å²) in [5.41, 5.74) is 0.704. The van der Waals surface area contributed by atoms with Gasteiger partial charge in [0.25, 0.3) is 0 Å². The Balaban J connectivity index is 2.51. The van der Waals surface area contributed by atoms with Gasteiger partial charge in [-0.05, 0) is 45.4 Å². The minimum absolute atomic E-state index is 0.00892. The fourth-order valence-corrected chi connectivity index (χ4v) is 1.90. The van der Waals surface area contributed by atoms with E-state index >= 15 is 0 Å². The number of hydrogen-bond donors (Lipinski definition) is 2. The van der Waals surface area contributed by atoms with Crippen LogP contribution in [0.4, 0.5) is 4.39 Å². The van der Waals surface area contributed by atoms with Gasteiger partial charge in [0.2, 0.25) is 5.91 Å². The fraction of sp³-hybridized carbons (Fsp3) is 0.562. The van der Waals surface area contributed by atoms with E-state index in [0.29, 0.717) is 18.5 Å². The molecule has 0 aliphatic rings. The quantitative estimate of drug-likeness (QED) is 0.848. The van der Waals surface area contributed by atoms with Crippen molar-refractivity contribution in [3.63, 3.8) is 0 Å². The van der Waals surface area contributed by atoms with Crippen molar-refractivity contribution in [3.8, 4) is 5.75 Å². The smallest absolute Gasteiger partial charge is 0.221 e. The van der Waals surface area contributed by atoms with Gasteiger partial charge in [-0.15, -0.1) is 0 Å². The Morgan fingerprint density at radius 3 is 2.57 bits per heavy atom. The van der Waals surface area contributed by atoms with Crippen LogP contribution in [0.3, 0.4) is 0 Å². The number of benzene rings is 1. The minimum Gasteiger partial charge on any atom is -0.494 e. The van der Waals surface area contributed by atoms with Crippen LogP contribution in [0.25, 0.3) is 0 Å². The molecule has 0 saturated carbocycles. The van der Waals surface area contributed by atoms with Crippen molar-refractivity contribution in [2.45, 2.75) is 45.7 Å². The molecule has 0 radical (unpaired) electrons. The Hall–Kier alpha value is -1.62. The zero-order valence-corrected chi connectivity index (χ0v) is 13.4. The third-order valence-electron chi connectivity index (χ3n) is 3.06. The number of nitrogens with one attached hydrogen (secondary N) is 2. The lowest BCUT2D eigenvalue weighted by Crippen LogP contribution is -2.38. The largest absolute Gasteiger partial charge is 0.494 e. The molecule has 0 heterocycles. The molecule has 0 aliphatic carbocycles. The Kier molecular flexibility index (Phi) is 6.15. The summed E-state index contributed by atoms with van der Waals surface area (Å²) in [5, 5.41) is 6.11. The summed E-state index contributed by atoms with van der Waals surface area (Å²) in [4.78, 5) is 11.9. The summed E-state index contributed by atoms with van der Waals surface area (Å²) in [5.74, 6) is -0.285. The van der Waals surface area contributed by atoms with E-state index in [1.807, 2.05) is 27.7 Å². The lowest BCUT2D eigenvalue weighted by Gasteiger charge is -2.21. The highest BCUT2D eigenvalue weighted by molar-refractivity contribution is 5.76. The van der Waals surface area contributed by atoms with Gasteiger partial charge in [0.15, 0.2) is 11.6 Å². The summed E-state index contributed by atoms with van der Waals surface area (Å²) in [7, 11) is 1.42. The molecule has 0 aliphatic heterocycles. The van der Waals surface area contributed by atoms with Crippen LogP contribution in [0.2, 0.25) is 0 Å². The van der Waals surface area contributed by atoms with Gasteiger partial charge in [-0.2, -0.15) is 0 Å². The average molecular weight is 296 g/mol. The highest BCUT2D eigenvalue weighted by atomic mass is 19.1. The standard InChI is InChI=1S/C16H25FN2O2/c1-11(12-6-7-14(21-5)13(17)10-12)19-15(20)8-9-18-16(2,3)4/h6-7,10-11,18H,8-9H2,1-5H3,(H,19,20). The first-order chi connectivity index (χ1) is 9.73. The number of carbonyl (C=O) groups excluding carboxylic acids is 1. The summed E-state index contributed by atoms with van der Waals surface area (Å²) >= 11 is 0. The zero-order chi connectivity index (χ0) is 16.0. The van der Waals surface area contributed by atoms with Crippen molar-refractivity contribution in [2.24, 2.45) is 0 Å². The summed E-state index contributed by atoms with van der Waals surface area (Å²) in [6, 6.07) is 4.46. The van der Waals surface area contributed by atoms with Crippen LogP contribution in [0.5, 0.6) is 5.75 Å². The fourth-order valence-electron chi connectivity index (χ4n) is 1.90. The monoisotopic (exact) mass is 296 g/mol. The van der Waals surface area contributed by atoms with Crippen molar-refractivity contribution in [1.29, 1.82) is 0 Å².